The van der Waals surface area contributed by atoms with Crippen LogP contribution in [0.25, 0.3) is 0 Å². The Morgan fingerprint density at radius 3 is 2.85 bits per heavy atom. The first-order chi connectivity index (χ1) is 6.09. The molecule has 0 saturated heterocycles. The summed E-state index contributed by atoms with van der Waals surface area (Å²) in [4.78, 5) is 22.7. The van der Waals surface area contributed by atoms with Crippen molar-refractivity contribution in [2.24, 2.45) is 0 Å². The minimum absolute atomic E-state index is 0.322. The highest BCUT2D eigenvalue weighted by Gasteiger charge is 2.39. The molecule has 6 heteroatoms. The second-order valence-electron chi connectivity index (χ2n) is 2.40. The van der Waals surface area contributed by atoms with Crippen LogP contribution in [0, 0.1) is 4.91 Å². The number of thioether (sulfide) groups is 1. The van der Waals surface area contributed by atoms with Gasteiger partial charge >= 0.3 is 5.24 Å². The lowest BCUT2D eigenvalue weighted by atomic mass is 10.3. The van der Waals surface area contributed by atoms with Crippen LogP contribution in [0.5, 0.6) is 0 Å². The molecule has 0 atom stereocenters. The number of halogens is 2. The molecule has 0 fully saturated rings. The van der Waals surface area contributed by atoms with Crippen molar-refractivity contribution < 1.29 is 9.55 Å². The van der Waals surface area contributed by atoms with E-state index in [1.165, 1.54) is 6.07 Å². The lowest BCUT2D eigenvalue weighted by Crippen LogP contribution is -1.98. The lowest BCUT2D eigenvalue weighted by Gasteiger charge is -1.93. The van der Waals surface area contributed by atoms with Crippen LogP contribution in [-0.4, -0.2) is 10.00 Å². The second kappa shape index (κ2) is 3.08. The summed E-state index contributed by atoms with van der Waals surface area (Å²) in [6.45, 7) is 0. The lowest BCUT2D eigenvalue weighted by molar-refractivity contribution is -0.342. The Morgan fingerprint density at radius 1 is 1.46 bits per heavy atom. The molecule has 1 aliphatic heterocycles. The summed E-state index contributed by atoms with van der Waals surface area (Å²) >= 11 is 9.89. The molecule has 66 valence electrons. The van der Waals surface area contributed by atoms with E-state index in [0.29, 0.717) is 24.8 Å². The summed E-state index contributed by atoms with van der Waals surface area (Å²) in [5.74, 6) is 0. The SMILES string of the molecule is O=C1Sc2cc(Br)c(Cl)cc2[N+]1=O. The zero-order valence-electron chi connectivity index (χ0n) is 6.08. The molecular formula is C7H2BrClNO2S+. The van der Waals surface area contributed by atoms with Gasteiger partial charge in [0.15, 0.2) is 0 Å². The van der Waals surface area contributed by atoms with Crippen molar-refractivity contribution in [3.8, 4) is 0 Å². The molecule has 0 unspecified atom stereocenters. The first-order valence-corrected chi connectivity index (χ1v) is 5.26. The van der Waals surface area contributed by atoms with Crippen LogP contribution in [0.15, 0.2) is 21.5 Å². The Kier molecular flexibility index (Phi) is 2.17. The number of nitroso groups, excluding NO2 is 1. The molecule has 1 heterocycles. The van der Waals surface area contributed by atoms with Crippen molar-refractivity contribution >= 4 is 50.2 Å². The minimum Gasteiger partial charge on any atom is -0.202 e. The van der Waals surface area contributed by atoms with Gasteiger partial charge in [-0.2, -0.15) is 0 Å². The van der Waals surface area contributed by atoms with Gasteiger partial charge in [0.1, 0.15) is 4.76 Å². The van der Waals surface area contributed by atoms with E-state index in [0.717, 1.165) is 11.8 Å². The highest BCUT2D eigenvalue weighted by Crippen LogP contribution is 2.42. The Balaban J connectivity index is 2.66. The largest absolute Gasteiger partial charge is 0.506 e. The van der Waals surface area contributed by atoms with Gasteiger partial charge in [0.2, 0.25) is 0 Å². The van der Waals surface area contributed by atoms with E-state index in [1.54, 1.807) is 6.07 Å². The van der Waals surface area contributed by atoms with Crippen LogP contribution >= 0.6 is 39.3 Å². The third-order valence-electron chi connectivity index (χ3n) is 1.58. The maximum Gasteiger partial charge on any atom is 0.506 e. The molecule has 0 aliphatic carbocycles. The first-order valence-electron chi connectivity index (χ1n) is 3.27. The summed E-state index contributed by atoms with van der Waals surface area (Å²) in [6.07, 6.45) is 0. The molecule has 1 aromatic rings. The topological polar surface area (TPSA) is 37.1 Å². The molecule has 0 saturated carbocycles. The van der Waals surface area contributed by atoms with Gasteiger partial charge in [0.25, 0.3) is 5.69 Å². The van der Waals surface area contributed by atoms with E-state index < -0.39 is 5.24 Å². The fraction of sp³-hybridized carbons (Fsp3) is 0. The number of rotatable bonds is 0. The monoisotopic (exact) mass is 278 g/mol. The molecule has 1 aromatic carbocycles. The van der Waals surface area contributed by atoms with Gasteiger partial charge in [-0.15, -0.1) is 0 Å². The van der Waals surface area contributed by atoms with E-state index in [9.17, 15) is 9.70 Å². The van der Waals surface area contributed by atoms with Gasteiger partial charge in [-0.05, 0) is 22.0 Å². The number of fused-ring (bicyclic) bond motifs is 1. The molecular weight excluding hydrogens is 278 g/mol. The highest BCUT2D eigenvalue weighted by molar-refractivity contribution is 9.10. The Labute approximate surface area is 91.2 Å². The molecule has 0 radical (unpaired) electrons. The summed E-state index contributed by atoms with van der Waals surface area (Å²) in [5.41, 5.74) is 0.322. The van der Waals surface area contributed by atoms with Crippen LogP contribution in [-0.2, 0) is 0 Å². The summed E-state index contributed by atoms with van der Waals surface area (Å²) in [7, 11) is 0. The van der Waals surface area contributed by atoms with Crippen molar-refractivity contribution in [3.05, 3.63) is 26.5 Å². The molecule has 0 N–H and O–H groups in total. The van der Waals surface area contributed by atoms with E-state index in [4.69, 9.17) is 11.6 Å². The predicted octanol–water partition coefficient (Wildman–Crippen LogP) is 3.74. The molecule has 3 nitrogen and oxygen atoms in total. The molecule has 1 aliphatic rings. The summed E-state index contributed by atoms with van der Waals surface area (Å²) in [6, 6.07) is 3.14. The molecule has 13 heavy (non-hydrogen) atoms. The number of benzene rings is 1. The minimum atomic E-state index is -0.524. The maximum absolute atomic E-state index is 11.1. The van der Waals surface area contributed by atoms with Crippen LogP contribution in [0.3, 0.4) is 0 Å². The predicted molar refractivity (Wildman–Crippen MR) is 53.7 cm³/mol. The van der Waals surface area contributed by atoms with Crippen LogP contribution in [0.2, 0.25) is 5.02 Å². The van der Waals surface area contributed by atoms with Crippen LogP contribution in [0.4, 0.5) is 10.5 Å². The zero-order valence-corrected chi connectivity index (χ0v) is 9.24. The van der Waals surface area contributed by atoms with Gasteiger partial charge in [-0.3, -0.25) is 0 Å². The van der Waals surface area contributed by atoms with Crippen LogP contribution < -0.4 is 0 Å². The number of carbonyl (C=O) groups excluding carboxylic acids is 1. The molecule has 0 bridgehead atoms. The standard InChI is InChI=1S/C7H2BrClNO2S/c8-3-1-6-5(2-4(3)9)10(12)7(11)13-6/h1-2H/q+1. The number of hydrogen-bond acceptors (Lipinski definition) is 3. The van der Waals surface area contributed by atoms with Gasteiger partial charge in [0, 0.05) is 27.2 Å². The summed E-state index contributed by atoms with van der Waals surface area (Å²) in [5, 5.41) is -0.0981. The van der Waals surface area contributed by atoms with E-state index in [2.05, 4.69) is 15.9 Å². The van der Waals surface area contributed by atoms with Crippen molar-refractivity contribution in [1.82, 2.24) is 0 Å². The average Bonchev–Trinajstić information content (AvgIpc) is 2.32. The van der Waals surface area contributed by atoms with Gasteiger partial charge in [-0.1, -0.05) is 11.6 Å². The van der Waals surface area contributed by atoms with E-state index >= 15 is 0 Å². The van der Waals surface area contributed by atoms with E-state index in [-0.39, 0.29) is 0 Å². The van der Waals surface area contributed by atoms with Crippen molar-refractivity contribution in [2.45, 2.75) is 4.90 Å². The number of nitrogens with zero attached hydrogens (tertiary/aromatic N) is 1. The first kappa shape index (κ1) is 9.18. The van der Waals surface area contributed by atoms with Crippen molar-refractivity contribution in [1.29, 1.82) is 0 Å². The van der Waals surface area contributed by atoms with E-state index in [1.807, 2.05) is 0 Å². The number of amides is 1. The molecule has 0 aromatic heterocycles. The fourth-order valence-corrected chi connectivity index (χ4v) is 2.44. The second-order valence-corrected chi connectivity index (χ2v) is 4.65. The number of carbonyl (C=O) groups is 1. The third kappa shape index (κ3) is 1.41. The fourth-order valence-electron chi connectivity index (χ4n) is 0.992. The molecule has 2 rings (SSSR count). The normalized spacial score (nSPS) is 14.9. The third-order valence-corrected chi connectivity index (χ3v) is 3.67. The quantitative estimate of drug-likeness (QED) is 0.679. The highest BCUT2D eigenvalue weighted by atomic mass is 79.9. The van der Waals surface area contributed by atoms with Crippen molar-refractivity contribution in [2.75, 3.05) is 0 Å². The Morgan fingerprint density at radius 2 is 2.15 bits per heavy atom. The smallest absolute Gasteiger partial charge is 0.202 e. The Bertz CT molecular complexity index is 435. The van der Waals surface area contributed by atoms with Gasteiger partial charge in [-0.25, -0.2) is 4.79 Å². The number of hydrogen-bond donors (Lipinski definition) is 0. The molecule has 1 amide bonds. The Hall–Kier alpha value is -0.390. The molecule has 0 spiro atoms. The van der Waals surface area contributed by atoms with Crippen LogP contribution in [0.1, 0.15) is 0 Å². The van der Waals surface area contributed by atoms with Gasteiger partial charge in [0.05, 0.1) is 9.92 Å². The maximum atomic E-state index is 11.1. The van der Waals surface area contributed by atoms with Crippen molar-refractivity contribution in [3.63, 3.8) is 0 Å². The zero-order chi connectivity index (χ0) is 9.59. The summed E-state index contributed by atoms with van der Waals surface area (Å²) < 4.78 is 1.03. The average molecular weight is 280 g/mol. The van der Waals surface area contributed by atoms with Gasteiger partial charge < -0.3 is 0 Å².